The number of aryl methyl sites for hydroxylation is 2. The zero-order valence-electron chi connectivity index (χ0n) is 6.34. The molecule has 11 heavy (non-hydrogen) atoms. The van der Waals surface area contributed by atoms with Crippen LogP contribution in [0.1, 0.15) is 11.4 Å². The van der Waals surface area contributed by atoms with Crippen LogP contribution in [0.5, 0.6) is 5.75 Å². The van der Waals surface area contributed by atoms with E-state index in [1.165, 1.54) is 0 Å². The van der Waals surface area contributed by atoms with Gasteiger partial charge >= 0.3 is 0 Å². The van der Waals surface area contributed by atoms with Crippen LogP contribution in [0, 0.1) is 6.92 Å². The Balaban J connectivity index is 2.86. The minimum Gasteiger partial charge on any atom is -0.506 e. The lowest BCUT2D eigenvalue weighted by molar-refractivity contribution is 0.467. The van der Waals surface area contributed by atoms with E-state index in [9.17, 15) is 0 Å². The van der Waals surface area contributed by atoms with E-state index in [4.69, 9.17) is 5.11 Å². The van der Waals surface area contributed by atoms with Crippen molar-refractivity contribution in [1.29, 1.82) is 0 Å². The molecule has 0 saturated carbocycles. The highest BCUT2D eigenvalue weighted by Crippen LogP contribution is 2.13. The Morgan fingerprint density at radius 3 is 2.82 bits per heavy atom. The van der Waals surface area contributed by atoms with Crippen LogP contribution in [0.4, 0.5) is 0 Å². The molecule has 3 heteroatoms. The third kappa shape index (κ3) is 2.19. The molecule has 1 heterocycles. The molecule has 0 spiro atoms. The highest BCUT2D eigenvalue weighted by atomic mass is 79.9. The summed E-state index contributed by atoms with van der Waals surface area (Å²) in [5.41, 5.74) is 1.71. The molecule has 0 aliphatic heterocycles. The Kier molecular flexibility index (Phi) is 2.88. The summed E-state index contributed by atoms with van der Waals surface area (Å²) in [6.07, 6.45) is 0.904. The van der Waals surface area contributed by atoms with Crippen molar-refractivity contribution in [3.8, 4) is 5.75 Å². The smallest absolute Gasteiger partial charge is 0.136 e. The number of hydrogen-bond donors (Lipinski definition) is 1. The lowest BCUT2D eigenvalue weighted by atomic mass is 10.2. The lowest BCUT2D eigenvalue weighted by Crippen LogP contribution is -1.92. The maximum Gasteiger partial charge on any atom is 0.136 e. The predicted molar refractivity (Wildman–Crippen MR) is 48.1 cm³/mol. The molecule has 0 atom stereocenters. The number of pyridine rings is 1. The van der Waals surface area contributed by atoms with Gasteiger partial charge in [-0.2, -0.15) is 0 Å². The fourth-order valence-electron chi connectivity index (χ4n) is 0.842. The molecule has 0 radical (unpaired) electrons. The van der Waals surface area contributed by atoms with Crippen LogP contribution in [0.3, 0.4) is 0 Å². The molecule has 0 aliphatic carbocycles. The Morgan fingerprint density at radius 2 is 2.27 bits per heavy atom. The van der Waals surface area contributed by atoms with E-state index in [-0.39, 0.29) is 5.75 Å². The van der Waals surface area contributed by atoms with Gasteiger partial charge in [0.15, 0.2) is 0 Å². The van der Waals surface area contributed by atoms with E-state index in [2.05, 4.69) is 20.9 Å². The molecule has 0 amide bonds. The van der Waals surface area contributed by atoms with Crippen molar-refractivity contribution in [2.24, 2.45) is 0 Å². The molecule has 60 valence electrons. The van der Waals surface area contributed by atoms with Gasteiger partial charge in [0.25, 0.3) is 0 Å². The molecule has 0 fully saturated rings. The second-order valence-electron chi connectivity index (χ2n) is 2.35. The van der Waals surface area contributed by atoms with Crippen molar-refractivity contribution in [2.45, 2.75) is 13.3 Å². The molecule has 0 aromatic carbocycles. The molecule has 1 N–H and O–H groups in total. The first-order valence-electron chi connectivity index (χ1n) is 3.45. The highest BCUT2D eigenvalue weighted by Gasteiger charge is 1.98. The van der Waals surface area contributed by atoms with Gasteiger partial charge in [-0.05, 0) is 25.5 Å². The lowest BCUT2D eigenvalue weighted by Gasteiger charge is -2.00. The first kappa shape index (κ1) is 8.53. The number of alkyl halides is 1. The van der Waals surface area contributed by atoms with Crippen molar-refractivity contribution in [3.63, 3.8) is 0 Å². The van der Waals surface area contributed by atoms with E-state index in [1.54, 1.807) is 13.0 Å². The summed E-state index contributed by atoms with van der Waals surface area (Å²) in [5, 5.41) is 10.0. The van der Waals surface area contributed by atoms with Gasteiger partial charge in [-0.1, -0.05) is 15.9 Å². The van der Waals surface area contributed by atoms with Crippen molar-refractivity contribution < 1.29 is 5.11 Å². The average Bonchev–Trinajstić information content (AvgIpc) is 1.98. The summed E-state index contributed by atoms with van der Waals surface area (Å²) >= 11 is 3.33. The number of aromatic hydroxyl groups is 1. The van der Waals surface area contributed by atoms with E-state index >= 15 is 0 Å². The van der Waals surface area contributed by atoms with Gasteiger partial charge in [-0.3, -0.25) is 4.98 Å². The Morgan fingerprint density at radius 1 is 1.55 bits per heavy atom. The van der Waals surface area contributed by atoms with Gasteiger partial charge in [0.2, 0.25) is 0 Å². The summed E-state index contributed by atoms with van der Waals surface area (Å²) in [7, 11) is 0. The van der Waals surface area contributed by atoms with Crippen LogP contribution < -0.4 is 0 Å². The van der Waals surface area contributed by atoms with E-state index < -0.39 is 0 Å². The Labute approximate surface area is 74.4 Å². The van der Waals surface area contributed by atoms with Crippen molar-refractivity contribution in [1.82, 2.24) is 4.98 Å². The minimum absolute atomic E-state index is 0.267. The standard InChI is InChI=1S/C8H10BrNO/c1-6-8(11)3-2-7(10-6)4-5-9/h2-3,11H,4-5H2,1H3. The van der Waals surface area contributed by atoms with Gasteiger partial charge in [0.05, 0.1) is 5.69 Å². The molecule has 1 aromatic heterocycles. The van der Waals surface area contributed by atoms with Gasteiger partial charge in [-0.25, -0.2) is 0 Å². The molecule has 0 unspecified atom stereocenters. The molecule has 1 aromatic rings. The quantitative estimate of drug-likeness (QED) is 0.767. The largest absolute Gasteiger partial charge is 0.506 e. The summed E-state index contributed by atoms with van der Waals surface area (Å²) in [4.78, 5) is 4.18. The molecule has 2 nitrogen and oxygen atoms in total. The van der Waals surface area contributed by atoms with Gasteiger partial charge in [-0.15, -0.1) is 0 Å². The SMILES string of the molecule is Cc1nc(CCBr)ccc1O. The molecular weight excluding hydrogens is 206 g/mol. The summed E-state index contributed by atoms with van der Waals surface area (Å²) < 4.78 is 0. The van der Waals surface area contributed by atoms with E-state index in [0.717, 1.165) is 17.4 Å². The Bertz CT molecular complexity index is 250. The molecule has 0 aliphatic rings. The zero-order valence-corrected chi connectivity index (χ0v) is 7.93. The third-order valence-electron chi connectivity index (χ3n) is 1.47. The normalized spacial score (nSPS) is 10.0. The van der Waals surface area contributed by atoms with Crippen LogP contribution in [0.15, 0.2) is 12.1 Å². The molecule has 1 rings (SSSR count). The number of halogens is 1. The maximum atomic E-state index is 9.14. The molecule has 0 saturated heterocycles. The highest BCUT2D eigenvalue weighted by molar-refractivity contribution is 9.09. The Hall–Kier alpha value is -0.570. The van der Waals surface area contributed by atoms with Crippen LogP contribution in [-0.4, -0.2) is 15.4 Å². The van der Waals surface area contributed by atoms with Crippen LogP contribution in [-0.2, 0) is 6.42 Å². The fraction of sp³-hybridized carbons (Fsp3) is 0.375. The predicted octanol–water partition coefficient (Wildman–Crippen LogP) is 2.03. The van der Waals surface area contributed by atoms with Crippen LogP contribution in [0.2, 0.25) is 0 Å². The molecular formula is C8H10BrNO. The minimum atomic E-state index is 0.267. The fourth-order valence-corrected chi connectivity index (χ4v) is 1.25. The second kappa shape index (κ2) is 3.72. The monoisotopic (exact) mass is 215 g/mol. The van der Waals surface area contributed by atoms with Crippen molar-refractivity contribution in [2.75, 3.05) is 5.33 Å². The topological polar surface area (TPSA) is 33.1 Å². The third-order valence-corrected chi connectivity index (χ3v) is 1.86. The van der Waals surface area contributed by atoms with Gasteiger partial charge < -0.3 is 5.11 Å². The van der Waals surface area contributed by atoms with Crippen LogP contribution >= 0.6 is 15.9 Å². The first-order chi connectivity index (χ1) is 5.24. The first-order valence-corrected chi connectivity index (χ1v) is 4.57. The van der Waals surface area contributed by atoms with Crippen molar-refractivity contribution in [3.05, 3.63) is 23.5 Å². The van der Waals surface area contributed by atoms with Crippen molar-refractivity contribution >= 4 is 15.9 Å². The molecule has 0 bridgehead atoms. The summed E-state index contributed by atoms with van der Waals surface area (Å²) in [6.45, 7) is 1.80. The van der Waals surface area contributed by atoms with E-state index in [0.29, 0.717) is 5.69 Å². The maximum absolute atomic E-state index is 9.14. The van der Waals surface area contributed by atoms with Gasteiger partial charge in [0.1, 0.15) is 5.75 Å². The number of nitrogens with zero attached hydrogens (tertiary/aromatic N) is 1. The number of aromatic nitrogens is 1. The zero-order chi connectivity index (χ0) is 8.27. The van der Waals surface area contributed by atoms with Gasteiger partial charge in [0, 0.05) is 11.0 Å². The average molecular weight is 216 g/mol. The summed E-state index contributed by atoms with van der Waals surface area (Å²) in [5.74, 6) is 0.267. The van der Waals surface area contributed by atoms with E-state index in [1.807, 2.05) is 6.07 Å². The second-order valence-corrected chi connectivity index (χ2v) is 3.14. The summed E-state index contributed by atoms with van der Waals surface area (Å²) in [6, 6.07) is 3.52. The van der Waals surface area contributed by atoms with Crippen LogP contribution in [0.25, 0.3) is 0 Å². The number of hydrogen-bond acceptors (Lipinski definition) is 2. The number of rotatable bonds is 2.